The number of aromatic nitrogens is 1. The second kappa shape index (κ2) is 6.89. The molecule has 0 unspecified atom stereocenters. The van der Waals surface area contributed by atoms with Gasteiger partial charge in [-0.15, -0.1) is 0 Å². The van der Waals surface area contributed by atoms with Crippen molar-refractivity contribution < 1.29 is 9.90 Å². The van der Waals surface area contributed by atoms with Gasteiger partial charge in [0.25, 0.3) is 0 Å². The van der Waals surface area contributed by atoms with Crippen LogP contribution in [0.1, 0.15) is 48.7 Å². The zero-order valence-electron chi connectivity index (χ0n) is 13.1. The van der Waals surface area contributed by atoms with Crippen LogP contribution < -0.4 is 5.32 Å². The molecule has 1 aromatic rings. The smallest absolute Gasteiger partial charge is 0.335 e. The molecule has 2 N–H and O–H groups in total. The molecule has 1 aromatic heterocycles. The average molecular weight is 291 g/mol. The van der Waals surface area contributed by atoms with Crippen molar-refractivity contribution in [1.82, 2.24) is 9.88 Å². The van der Waals surface area contributed by atoms with Crippen molar-refractivity contribution in [1.29, 1.82) is 0 Å². The molecule has 1 aliphatic heterocycles. The lowest BCUT2D eigenvalue weighted by Gasteiger charge is -2.29. The van der Waals surface area contributed by atoms with Gasteiger partial charge in [0, 0.05) is 12.2 Å². The Balaban J connectivity index is 2.03. The first kappa shape index (κ1) is 15.8. The number of nitrogens with one attached hydrogen (secondary N) is 1. The van der Waals surface area contributed by atoms with E-state index in [-0.39, 0.29) is 5.92 Å². The molecule has 0 aliphatic carbocycles. The van der Waals surface area contributed by atoms with E-state index in [0.717, 1.165) is 25.3 Å². The van der Waals surface area contributed by atoms with E-state index in [4.69, 9.17) is 0 Å². The highest BCUT2D eigenvalue weighted by molar-refractivity contribution is 5.88. The zero-order chi connectivity index (χ0) is 15.4. The van der Waals surface area contributed by atoms with E-state index in [1.807, 2.05) is 13.8 Å². The number of nitrogens with zero attached hydrogens (tertiary/aromatic N) is 2. The highest BCUT2D eigenvalue weighted by Crippen LogP contribution is 2.20. The first-order valence-corrected chi connectivity index (χ1v) is 7.63. The summed E-state index contributed by atoms with van der Waals surface area (Å²) in [5.41, 5.74) is 1.13. The molecule has 21 heavy (non-hydrogen) atoms. The third-order valence-corrected chi connectivity index (χ3v) is 4.09. The van der Waals surface area contributed by atoms with Crippen LogP contribution in [-0.2, 0) is 0 Å². The third-order valence-electron chi connectivity index (χ3n) is 4.09. The summed E-state index contributed by atoms with van der Waals surface area (Å²) in [6.45, 7) is 7.17. The second-order valence-corrected chi connectivity index (χ2v) is 6.25. The van der Waals surface area contributed by atoms with Crippen molar-refractivity contribution >= 4 is 11.8 Å². The summed E-state index contributed by atoms with van der Waals surface area (Å²) in [5, 5.41) is 12.5. The largest absolute Gasteiger partial charge is 0.478 e. The molecule has 0 saturated carbocycles. The third kappa shape index (κ3) is 4.43. The number of hydrogen-bond donors (Lipinski definition) is 2. The lowest BCUT2D eigenvalue weighted by molar-refractivity contribution is 0.0696. The first-order chi connectivity index (χ1) is 9.95. The SMILES string of the molecule is CC(C)c1cc(C(=O)O)cc(NCC2CCN(C)CC2)n1. The molecule has 2 rings (SSSR count). The van der Waals surface area contributed by atoms with Crippen molar-refractivity contribution in [3.05, 3.63) is 23.4 Å². The number of carboxylic acids is 1. The average Bonchev–Trinajstić information content (AvgIpc) is 2.46. The van der Waals surface area contributed by atoms with Crippen molar-refractivity contribution in [2.24, 2.45) is 5.92 Å². The molecular formula is C16H25N3O2. The van der Waals surface area contributed by atoms with Gasteiger partial charge in [-0.1, -0.05) is 13.8 Å². The standard InChI is InChI=1S/C16H25N3O2/c1-11(2)14-8-13(16(20)21)9-15(18-14)17-10-12-4-6-19(3)7-5-12/h8-9,11-12H,4-7,10H2,1-3H3,(H,17,18)(H,20,21). The van der Waals surface area contributed by atoms with Crippen molar-refractivity contribution in [2.45, 2.75) is 32.6 Å². The van der Waals surface area contributed by atoms with Crippen LogP contribution in [0.15, 0.2) is 12.1 Å². The molecule has 5 heteroatoms. The fraction of sp³-hybridized carbons (Fsp3) is 0.625. The summed E-state index contributed by atoms with van der Waals surface area (Å²) in [6, 6.07) is 3.29. The van der Waals surface area contributed by atoms with Crippen LogP contribution in [-0.4, -0.2) is 47.6 Å². The lowest BCUT2D eigenvalue weighted by atomic mass is 9.97. The maximum absolute atomic E-state index is 11.2. The van der Waals surface area contributed by atoms with E-state index in [2.05, 4.69) is 22.2 Å². The Morgan fingerprint density at radius 3 is 2.67 bits per heavy atom. The van der Waals surface area contributed by atoms with Crippen molar-refractivity contribution in [3.8, 4) is 0 Å². The number of carbonyl (C=O) groups is 1. The number of likely N-dealkylation sites (tertiary alicyclic amines) is 1. The maximum atomic E-state index is 11.2. The van der Waals surface area contributed by atoms with Gasteiger partial charge in [-0.25, -0.2) is 9.78 Å². The van der Waals surface area contributed by atoms with Gasteiger partial charge in [0.2, 0.25) is 0 Å². The number of hydrogen-bond acceptors (Lipinski definition) is 4. The minimum atomic E-state index is -0.901. The number of pyridine rings is 1. The molecule has 0 atom stereocenters. The van der Waals surface area contributed by atoms with Gasteiger partial charge < -0.3 is 15.3 Å². The van der Waals surface area contributed by atoms with Gasteiger partial charge in [-0.2, -0.15) is 0 Å². The molecule has 1 saturated heterocycles. The van der Waals surface area contributed by atoms with Crippen LogP contribution in [0.5, 0.6) is 0 Å². The van der Waals surface area contributed by atoms with Crippen LogP contribution in [0.25, 0.3) is 0 Å². The van der Waals surface area contributed by atoms with E-state index in [9.17, 15) is 9.90 Å². The van der Waals surface area contributed by atoms with E-state index in [0.29, 0.717) is 17.3 Å². The van der Waals surface area contributed by atoms with Gasteiger partial charge in [0.05, 0.1) is 5.56 Å². The molecule has 1 aliphatic rings. The number of anilines is 1. The summed E-state index contributed by atoms with van der Waals surface area (Å²) in [5.74, 6) is 0.631. The summed E-state index contributed by atoms with van der Waals surface area (Å²) < 4.78 is 0. The Morgan fingerprint density at radius 1 is 1.43 bits per heavy atom. The number of carboxylic acid groups (broad SMARTS) is 1. The van der Waals surface area contributed by atoms with Crippen LogP contribution in [0, 0.1) is 5.92 Å². The molecule has 2 heterocycles. The van der Waals surface area contributed by atoms with E-state index in [1.165, 1.54) is 12.8 Å². The Bertz CT molecular complexity index is 494. The Kier molecular flexibility index (Phi) is 5.17. The fourth-order valence-corrected chi connectivity index (χ4v) is 2.58. The fourth-order valence-electron chi connectivity index (χ4n) is 2.58. The number of piperidine rings is 1. The first-order valence-electron chi connectivity index (χ1n) is 7.63. The normalized spacial score (nSPS) is 17.1. The molecule has 1 fully saturated rings. The van der Waals surface area contributed by atoms with Gasteiger partial charge in [0.15, 0.2) is 0 Å². The molecule has 0 spiro atoms. The van der Waals surface area contributed by atoms with Crippen LogP contribution in [0.4, 0.5) is 5.82 Å². The molecule has 5 nitrogen and oxygen atoms in total. The molecular weight excluding hydrogens is 266 g/mol. The minimum absolute atomic E-state index is 0.216. The Labute approximate surface area is 126 Å². The van der Waals surface area contributed by atoms with Gasteiger partial charge >= 0.3 is 5.97 Å². The molecule has 0 aromatic carbocycles. The van der Waals surface area contributed by atoms with Crippen molar-refractivity contribution in [2.75, 3.05) is 32.0 Å². The zero-order valence-corrected chi connectivity index (χ0v) is 13.1. The van der Waals surface area contributed by atoms with E-state index in [1.54, 1.807) is 12.1 Å². The predicted molar refractivity (Wildman–Crippen MR) is 84.0 cm³/mol. The predicted octanol–water partition coefficient (Wildman–Crippen LogP) is 2.66. The summed E-state index contributed by atoms with van der Waals surface area (Å²) in [4.78, 5) is 18.1. The molecule has 0 bridgehead atoms. The van der Waals surface area contributed by atoms with Crippen molar-refractivity contribution in [3.63, 3.8) is 0 Å². The van der Waals surface area contributed by atoms with Gasteiger partial charge in [-0.3, -0.25) is 0 Å². The molecule has 0 amide bonds. The van der Waals surface area contributed by atoms with Gasteiger partial charge in [-0.05, 0) is 56.9 Å². The van der Waals surface area contributed by atoms with Crippen LogP contribution in [0.2, 0.25) is 0 Å². The molecule has 116 valence electrons. The lowest BCUT2D eigenvalue weighted by Crippen LogP contribution is -2.33. The molecule has 0 radical (unpaired) electrons. The summed E-state index contributed by atoms with van der Waals surface area (Å²) in [7, 11) is 2.15. The highest BCUT2D eigenvalue weighted by Gasteiger charge is 2.17. The summed E-state index contributed by atoms with van der Waals surface area (Å²) in [6.07, 6.45) is 2.36. The van der Waals surface area contributed by atoms with Crippen LogP contribution in [0.3, 0.4) is 0 Å². The highest BCUT2D eigenvalue weighted by atomic mass is 16.4. The minimum Gasteiger partial charge on any atom is -0.478 e. The summed E-state index contributed by atoms with van der Waals surface area (Å²) >= 11 is 0. The van der Waals surface area contributed by atoms with E-state index < -0.39 is 5.97 Å². The number of rotatable bonds is 5. The monoisotopic (exact) mass is 291 g/mol. The number of aromatic carboxylic acids is 1. The Morgan fingerprint density at radius 2 is 2.10 bits per heavy atom. The topological polar surface area (TPSA) is 65.5 Å². The second-order valence-electron chi connectivity index (χ2n) is 6.25. The Hall–Kier alpha value is -1.62. The van der Waals surface area contributed by atoms with Gasteiger partial charge in [0.1, 0.15) is 5.82 Å². The maximum Gasteiger partial charge on any atom is 0.335 e. The quantitative estimate of drug-likeness (QED) is 0.873. The van der Waals surface area contributed by atoms with E-state index >= 15 is 0 Å². The van der Waals surface area contributed by atoms with Crippen LogP contribution >= 0.6 is 0 Å².